The van der Waals surface area contributed by atoms with Crippen LogP contribution in [0.25, 0.3) is 11.5 Å². The zero-order chi connectivity index (χ0) is 14.7. The summed E-state index contributed by atoms with van der Waals surface area (Å²) >= 11 is 5.83. The number of carboxylic acid groups (broad SMARTS) is 1. The highest BCUT2D eigenvalue weighted by atomic mass is 35.5. The van der Waals surface area contributed by atoms with Gasteiger partial charge in [-0.05, 0) is 18.1 Å². The van der Waals surface area contributed by atoms with Crippen molar-refractivity contribution in [2.75, 3.05) is 0 Å². The van der Waals surface area contributed by atoms with Crippen molar-refractivity contribution in [1.82, 2.24) is 10.2 Å². The predicted molar refractivity (Wildman–Crippen MR) is 69.8 cm³/mol. The number of aliphatic carboxylic acids is 1. The van der Waals surface area contributed by atoms with Crippen LogP contribution in [0.2, 0.25) is 5.02 Å². The van der Waals surface area contributed by atoms with Crippen molar-refractivity contribution in [3.05, 3.63) is 34.9 Å². The molecule has 0 saturated carbocycles. The second-order valence-electron chi connectivity index (χ2n) is 4.51. The Hall–Kier alpha value is -1.95. The summed E-state index contributed by atoms with van der Waals surface area (Å²) in [4.78, 5) is 10.6. The van der Waals surface area contributed by atoms with Gasteiger partial charge in [0.05, 0.1) is 10.6 Å². The van der Waals surface area contributed by atoms with Crippen molar-refractivity contribution >= 4 is 17.6 Å². The molecule has 1 aromatic carbocycles. The first-order chi connectivity index (χ1) is 9.47. The van der Waals surface area contributed by atoms with Gasteiger partial charge in [-0.25, -0.2) is 4.39 Å². The van der Waals surface area contributed by atoms with Crippen molar-refractivity contribution < 1.29 is 18.7 Å². The molecule has 0 aliphatic rings. The molecule has 7 heteroatoms. The molecule has 1 N–H and O–H groups in total. The first-order valence-electron chi connectivity index (χ1n) is 5.96. The number of hydrogen-bond acceptors (Lipinski definition) is 4. The third-order valence-corrected chi connectivity index (χ3v) is 3.08. The summed E-state index contributed by atoms with van der Waals surface area (Å²) in [5.41, 5.74) is 0.316. The van der Waals surface area contributed by atoms with Gasteiger partial charge < -0.3 is 9.52 Å². The van der Waals surface area contributed by atoms with Gasteiger partial charge in [-0.2, -0.15) is 0 Å². The van der Waals surface area contributed by atoms with Gasteiger partial charge >= 0.3 is 5.97 Å². The Labute approximate surface area is 119 Å². The molecular weight excluding hydrogens is 287 g/mol. The van der Waals surface area contributed by atoms with Crippen LogP contribution < -0.4 is 0 Å². The van der Waals surface area contributed by atoms with E-state index in [9.17, 15) is 9.18 Å². The maximum atomic E-state index is 13.3. The lowest BCUT2D eigenvalue weighted by Gasteiger charge is -2.03. The van der Waals surface area contributed by atoms with E-state index in [2.05, 4.69) is 10.2 Å². The number of hydrogen-bond donors (Lipinski definition) is 1. The highest BCUT2D eigenvalue weighted by molar-refractivity contribution is 6.33. The van der Waals surface area contributed by atoms with Crippen molar-refractivity contribution in [2.24, 2.45) is 5.92 Å². The van der Waals surface area contributed by atoms with Crippen LogP contribution in [0.1, 0.15) is 19.2 Å². The van der Waals surface area contributed by atoms with E-state index in [-0.39, 0.29) is 23.3 Å². The molecule has 106 valence electrons. The van der Waals surface area contributed by atoms with Crippen LogP contribution in [0.4, 0.5) is 4.39 Å². The van der Waals surface area contributed by atoms with Crippen LogP contribution in [0.3, 0.4) is 0 Å². The van der Waals surface area contributed by atoms with E-state index in [0.717, 1.165) is 0 Å². The Kier molecular flexibility index (Phi) is 4.34. The van der Waals surface area contributed by atoms with Crippen molar-refractivity contribution in [1.29, 1.82) is 0 Å². The van der Waals surface area contributed by atoms with Crippen molar-refractivity contribution in [3.63, 3.8) is 0 Å². The molecule has 5 nitrogen and oxygen atoms in total. The summed E-state index contributed by atoms with van der Waals surface area (Å²) < 4.78 is 18.7. The third kappa shape index (κ3) is 3.33. The van der Waals surface area contributed by atoms with E-state index >= 15 is 0 Å². The average Bonchev–Trinajstić information content (AvgIpc) is 2.79. The van der Waals surface area contributed by atoms with E-state index in [0.29, 0.717) is 17.9 Å². The smallest absolute Gasteiger partial charge is 0.303 e. The predicted octanol–water partition coefficient (Wildman–Crippen LogP) is 3.18. The Balaban J connectivity index is 2.17. The van der Waals surface area contributed by atoms with Gasteiger partial charge in [-0.3, -0.25) is 4.79 Å². The zero-order valence-corrected chi connectivity index (χ0v) is 11.4. The maximum Gasteiger partial charge on any atom is 0.303 e. The van der Waals surface area contributed by atoms with Crippen LogP contribution in [-0.2, 0) is 11.2 Å². The molecule has 1 unspecified atom stereocenters. The van der Waals surface area contributed by atoms with E-state index in [1.165, 1.54) is 12.1 Å². The molecule has 0 bridgehead atoms. The number of rotatable bonds is 5. The number of carbonyl (C=O) groups is 1. The first-order valence-corrected chi connectivity index (χ1v) is 6.33. The first kappa shape index (κ1) is 14.5. The fourth-order valence-electron chi connectivity index (χ4n) is 1.78. The molecule has 0 aliphatic carbocycles. The van der Waals surface area contributed by atoms with Gasteiger partial charge in [0.1, 0.15) is 5.82 Å². The molecule has 0 fully saturated rings. The Morgan fingerprint density at radius 2 is 2.25 bits per heavy atom. The molecule has 0 aliphatic heterocycles. The quantitative estimate of drug-likeness (QED) is 0.917. The van der Waals surface area contributed by atoms with Crippen LogP contribution in [0.5, 0.6) is 0 Å². The van der Waals surface area contributed by atoms with Crippen LogP contribution in [0, 0.1) is 11.7 Å². The van der Waals surface area contributed by atoms with E-state index in [1.807, 2.05) is 0 Å². The number of aromatic nitrogens is 2. The molecule has 0 saturated heterocycles. The van der Waals surface area contributed by atoms with Gasteiger partial charge in [0.15, 0.2) is 0 Å². The number of nitrogens with zero attached hydrogens (tertiary/aromatic N) is 2. The van der Waals surface area contributed by atoms with Crippen molar-refractivity contribution in [2.45, 2.75) is 19.8 Å². The summed E-state index contributed by atoms with van der Waals surface area (Å²) in [5, 5.41) is 16.2. The van der Waals surface area contributed by atoms with Crippen LogP contribution >= 0.6 is 11.6 Å². The molecular formula is C13H12ClFN2O3. The van der Waals surface area contributed by atoms with E-state index < -0.39 is 11.8 Å². The van der Waals surface area contributed by atoms with Gasteiger partial charge in [0.2, 0.25) is 11.8 Å². The summed E-state index contributed by atoms with van der Waals surface area (Å²) in [7, 11) is 0. The third-order valence-electron chi connectivity index (χ3n) is 2.70. The van der Waals surface area contributed by atoms with Gasteiger partial charge in [0.25, 0.3) is 0 Å². The largest absolute Gasteiger partial charge is 0.481 e. The molecule has 2 aromatic rings. The van der Waals surface area contributed by atoms with E-state index in [1.54, 1.807) is 13.0 Å². The Bertz CT molecular complexity index is 630. The molecule has 2 rings (SSSR count). The summed E-state index contributed by atoms with van der Waals surface area (Å²) in [6.45, 7) is 1.77. The van der Waals surface area contributed by atoms with Crippen molar-refractivity contribution in [3.8, 4) is 11.5 Å². The molecule has 0 amide bonds. The molecule has 1 aromatic heterocycles. The van der Waals surface area contributed by atoms with Gasteiger partial charge in [-0.15, -0.1) is 10.2 Å². The molecule has 1 heterocycles. The monoisotopic (exact) mass is 298 g/mol. The average molecular weight is 299 g/mol. The minimum absolute atomic E-state index is 0.0123. The molecule has 0 spiro atoms. The fourth-order valence-corrected chi connectivity index (χ4v) is 1.99. The molecule has 20 heavy (non-hydrogen) atoms. The normalized spacial score (nSPS) is 12.3. The van der Waals surface area contributed by atoms with Gasteiger partial charge in [-0.1, -0.05) is 24.6 Å². The van der Waals surface area contributed by atoms with E-state index in [4.69, 9.17) is 21.1 Å². The fraction of sp³-hybridized carbons (Fsp3) is 0.308. The maximum absolute atomic E-state index is 13.3. The number of halogens is 2. The zero-order valence-electron chi connectivity index (χ0n) is 10.6. The van der Waals surface area contributed by atoms with Crippen LogP contribution in [-0.4, -0.2) is 21.3 Å². The number of carboxylic acids is 1. The molecule has 1 atom stereocenters. The summed E-state index contributed by atoms with van der Waals surface area (Å²) in [5.74, 6) is -1.17. The second-order valence-corrected chi connectivity index (χ2v) is 4.89. The minimum Gasteiger partial charge on any atom is -0.481 e. The topological polar surface area (TPSA) is 76.2 Å². The summed E-state index contributed by atoms with van der Waals surface area (Å²) in [6.07, 6.45) is 0.352. The lowest BCUT2D eigenvalue weighted by Crippen LogP contribution is -2.07. The SMILES string of the molecule is CC(CC(=O)O)Cc1nnc(-c2cccc(F)c2Cl)o1. The Morgan fingerprint density at radius 3 is 2.95 bits per heavy atom. The lowest BCUT2D eigenvalue weighted by molar-refractivity contribution is -0.137. The van der Waals surface area contributed by atoms with Crippen LogP contribution in [0.15, 0.2) is 22.6 Å². The molecule has 0 radical (unpaired) electrons. The Morgan fingerprint density at radius 1 is 1.50 bits per heavy atom. The summed E-state index contributed by atoms with van der Waals surface area (Å²) in [6, 6.07) is 4.30. The standard InChI is InChI=1S/C13H12ClFN2O3/c1-7(6-11(18)19)5-10-16-17-13(20-10)8-3-2-4-9(15)12(8)14/h2-4,7H,5-6H2,1H3,(H,18,19). The van der Waals surface area contributed by atoms with Gasteiger partial charge in [0, 0.05) is 12.8 Å². The highest BCUT2D eigenvalue weighted by Crippen LogP contribution is 2.29. The second kappa shape index (κ2) is 6.00. The highest BCUT2D eigenvalue weighted by Gasteiger charge is 2.17. The lowest BCUT2D eigenvalue weighted by atomic mass is 10.0. The minimum atomic E-state index is -0.884. The number of benzene rings is 1.